The van der Waals surface area contributed by atoms with Crippen molar-refractivity contribution in [2.24, 2.45) is 0 Å². The van der Waals surface area contributed by atoms with Gasteiger partial charge < -0.3 is 14.1 Å². The van der Waals surface area contributed by atoms with E-state index in [0.29, 0.717) is 46.0 Å². The van der Waals surface area contributed by atoms with Crippen LogP contribution in [0, 0.1) is 0 Å². The van der Waals surface area contributed by atoms with Crippen LogP contribution in [0.15, 0.2) is 76.1 Å². The third-order valence-electron chi connectivity index (χ3n) is 5.13. The van der Waals surface area contributed by atoms with E-state index in [2.05, 4.69) is 0 Å². The van der Waals surface area contributed by atoms with Gasteiger partial charge in [-0.15, -0.1) is 0 Å². The number of ether oxygens (including phenoxy) is 1. The highest BCUT2D eigenvalue weighted by Crippen LogP contribution is 2.34. The van der Waals surface area contributed by atoms with Crippen molar-refractivity contribution in [1.82, 2.24) is 9.80 Å². The van der Waals surface area contributed by atoms with Crippen LogP contribution in [0.2, 0.25) is 0 Å². The van der Waals surface area contributed by atoms with Crippen molar-refractivity contribution >= 4 is 46.3 Å². The first kappa shape index (κ1) is 23.9. The van der Waals surface area contributed by atoms with E-state index < -0.39 is 0 Å². The fraction of sp³-hybridized carbons (Fsp3) is 0.192. The normalized spacial score (nSPS) is 14.9. The smallest absolute Gasteiger partial charge is 0.338 e. The molecule has 34 heavy (non-hydrogen) atoms. The Balaban J connectivity index is 1.42. The maximum atomic E-state index is 12.9. The Hall–Kier alpha value is -3.20. The minimum Gasteiger partial charge on any atom is -0.461 e. The third kappa shape index (κ3) is 5.83. The van der Waals surface area contributed by atoms with Crippen molar-refractivity contribution in [2.45, 2.75) is 6.54 Å². The molecule has 0 N–H and O–H groups in total. The van der Waals surface area contributed by atoms with Crippen LogP contribution in [0.5, 0.6) is 0 Å². The summed E-state index contributed by atoms with van der Waals surface area (Å²) in [7, 11) is 3.85. The molecule has 1 fully saturated rings. The number of thioether (sulfide) groups is 1. The van der Waals surface area contributed by atoms with Crippen molar-refractivity contribution in [1.29, 1.82) is 0 Å². The highest BCUT2D eigenvalue weighted by molar-refractivity contribution is 8.26. The lowest BCUT2D eigenvalue weighted by molar-refractivity contribution is -0.122. The van der Waals surface area contributed by atoms with Gasteiger partial charge in [-0.3, -0.25) is 9.69 Å². The fourth-order valence-corrected chi connectivity index (χ4v) is 4.53. The summed E-state index contributed by atoms with van der Waals surface area (Å²) in [6, 6.07) is 20.4. The number of rotatable bonds is 8. The summed E-state index contributed by atoms with van der Waals surface area (Å²) in [5.41, 5.74) is 2.32. The molecule has 2 aromatic carbocycles. The molecular formula is C26H24N2O4S2. The van der Waals surface area contributed by atoms with Crippen molar-refractivity contribution in [3.05, 3.63) is 88.5 Å². The van der Waals surface area contributed by atoms with Crippen LogP contribution in [0.4, 0.5) is 0 Å². The molecule has 1 amide bonds. The number of benzene rings is 2. The van der Waals surface area contributed by atoms with Gasteiger partial charge in [-0.2, -0.15) is 0 Å². The molecule has 3 aromatic rings. The zero-order valence-electron chi connectivity index (χ0n) is 18.9. The molecule has 0 unspecified atom stereocenters. The van der Waals surface area contributed by atoms with E-state index in [1.807, 2.05) is 73.6 Å². The molecule has 0 atom stereocenters. The predicted octanol–water partition coefficient (Wildman–Crippen LogP) is 5.07. The van der Waals surface area contributed by atoms with Crippen molar-refractivity contribution < 1.29 is 18.7 Å². The molecule has 1 saturated heterocycles. The van der Waals surface area contributed by atoms with Gasteiger partial charge in [0.2, 0.25) is 0 Å². The number of thiocarbonyl (C=S) groups is 1. The molecule has 1 aliphatic rings. The van der Waals surface area contributed by atoms with E-state index in [1.54, 1.807) is 23.1 Å². The molecule has 0 bridgehead atoms. The monoisotopic (exact) mass is 492 g/mol. The topological polar surface area (TPSA) is 63.0 Å². The molecule has 0 spiro atoms. The second-order valence-corrected chi connectivity index (χ2v) is 9.65. The summed E-state index contributed by atoms with van der Waals surface area (Å²) in [5.74, 6) is 0.709. The maximum absolute atomic E-state index is 12.9. The average Bonchev–Trinajstić information content (AvgIpc) is 3.40. The van der Waals surface area contributed by atoms with Crippen molar-refractivity contribution in [2.75, 3.05) is 27.2 Å². The molecule has 8 heteroatoms. The summed E-state index contributed by atoms with van der Waals surface area (Å²) in [6.45, 7) is 1.45. The second-order valence-electron chi connectivity index (χ2n) is 7.97. The van der Waals surface area contributed by atoms with Gasteiger partial charge >= 0.3 is 5.97 Å². The molecule has 6 nitrogen and oxygen atoms in total. The van der Waals surface area contributed by atoms with Gasteiger partial charge in [-0.1, -0.05) is 66.4 Å². The Morgan fingerprint density at radius 1 is 1.09 bits per heavy atom. The van der Waals surface area contributed by atoms with Crippen LogP contribution >= 0.6 is 24.0 Å². The minimum absolute atomic E-state index is 0.131. The first-order valence-corrected chi connectivity index (χ1v) is 11.9. The van der Waals surface area contributed by atoms with E-state index in [-0.39, 0.29) is 11.9 Å². The molecule has 1 aromatic heterocycles. The van der Waals surface area contributed by atoms with Crippen LogP contribution in [-0.4, -0.2) is 53.2 Å². The van der Waals surface area contributed by atoms with E-state index in [9.17, 15) is 9.59 Å². The quantitative estimate of drug-likeness (QED) is 0.247. The SMILES string of the molecule is CN(C)CCOC(=O)c1ccc(-c2ccc(/C=C3/SC(=S)N(Cc4ccccc4)C3=O)o2)cc1. The molecule has 2 heterocycles. The Kier molecular flexibility index (Phi) is 7.62. The molecule has 0 radical (unpaired) electrons. The Bertz CT molecular complexity index is 1220. The summed E-state index contributed by atoms with van der Waals surface area (Å²) in [6.07, 6.45) is 1.71. The number of amides is 1. The molecule has 4 rings (SSSR count). The minimum atomic E-state index is -0.355. The van der Waals surface area contributed by atoms with Crippen molar-refractivity contribution in [3.8, 4) is 11.3 Å². The Morgan fingerprint density at radius 2 is 1.82 bits per heavy atom. The summed E-state index contributed by atoms with van der Waals surface area (Å²) >= 11 is 6.69. The lowest BCUT2D eigenvalue weighted by atomic mass is 10.1. The highest BCUT2D eigenvalue weighted by atomic mass is 32.2. The number of furan rings is 1. The highest BCUT2D eigenvalue weighted by Gasteiger charge is 2.32. The van der Waals surface area contributed by atoms with E-state index in [1.165, 1.54) is 11.8 Å². The zero-order chi connectivity index (χ0) is 24.1. The summed E-state index contributed by atoms with van der Waals surface area (Å²) in [4.78, 5) is 29.1. The first-order valence-electron chi connectivity index (χ1n) is 10.7. The predicted molar refractivity (Wildman–Crippen MR) is 138 cm³/mol. The van der Waals surface area contributed by atoms with Gasteiger partial charge in [-0.25, -0.2) is 4.79 Å². The second kappa shape index (κ2) is 10.8. The zero-order valence-corrected chi connectivity index (χ0v) is 20.5. The number of nitrogens with zero attached hydrogens (tertiary/aromatic N) is 2. The molecule has 1 aliphatic heterocycles. The summed E-state index contributed by atoms with van der Waals surface area (Å²) in [5, 5.41) is 0. The van der Waals surface area contributed by atoms with Gasteiger partial charge in [-0.05, 0) is 43.9 Å². The Labute approximate surface area is 208 Å². The van der Waals surface area contributed by atoms with Gasteiger partial charge in [0.1, 0.15) is 22.4 Å². The van der Waals surface area contributed by atoms with Crippen molar-refractivity contribution in [3.63, 3.8) is 0 Å². The first-order chi connectivity index (χ1) is 16.4. The fourth-order valence-electron chi connectivity index (χ4n) is 3.29. The number of hydrogen-bond donors (Lipinski definition) is 0. The standard InChI is InChI=1S/C26H24N2O4S2/c1-27(2)14-15-31-25(30)20-10-8-19(9-11-20)22-13-12-21(32-22)16-23-24(29)28(26(33)34-23)17-18-6-4-3-5-7-18/h3-13,16H,14-15,17H2,1-2H3/b23-16+. The number of hydrogen-bond acceptors (Lipinski definition) is 7. The molecule has 0 saturated carbocycles. The summed E-state index contributed by atoms with van der Waals surface area (Å²) < 4.78 is 11.7. The lowest BCUT2D eigenvalue weighted by Crippen LogP contribution is -2.27. The third-order valence-corrected chi connectivity index (χ3v) is 6.51. The average molecular weight is 493 g/mol. The largest absolute Gasteiger partial charge is 0.461 e. The number of carbonyl (C=O) groups excluding carboxylic acids is 2. The number of carbonyl (C=O) groups is 2. The van der Waals surface area contributed by atoms with Gasteiger partial charge in [0.05, 0.1) is 17.0 Å². The maximum Gasteiger partial charge on any atom is 0.338 e. The van der Waals surface area contributed by atoms with Crippen LogP contribution in [0.25, 0.3) is 17.4 Å². The van der Waals surface area contributed by atoms with Crippen LogP contribution in [-0.2, 0) is 16.1 Å². The van der Waals surface area contributed by atoms with Gasteiger partial charge in [0.15, 0.2) is 0 Å². The molecular weight excluding hydrogens is 468 g/mol. The van der Waals surface area contributed by atoms with Crippen LogP contribution in [0.1, 0.15) is 21.7 Å². The molecule has 0 aliphatic carbocycles. The van der Waals surface area contributed by atoms with E-state index in [4.69, 9.17) is 21.4 Å². The van der Waals surface area contributed by atoms with Crippen LogP contribution < -0.4 is 0 Å². The number of esters is 1. The van der Waals surface area contributed by atoms with E-state index >= 15 is 0 Å². The number of likely N-dealkylation sites (N-methyl/N-ethyl adjacent to an activating group) is 1. The lowest BCUT2D eigenvalue weighted by Gasteiger charge is -2.14. The van der Waals surface area contributed by atoms with Gasteiger partial charge in [0, 0.05) is 18.2 Å². The van der Waals surface area contributed by atoms with Gasteiger partial charge in [0.25, 0.3) is 5.91 Å². The van der Waals surface area contributed by atoms with Crippen LogP contribution in [0.3, 0.4) is 0 Å². The molecule has 174 valence electrons. The van der Waals surface area contributed by atoms with E-state index in [0.717, 1.165) is 11.1 Å². The Morgan fingerprint density at radius 3 is 2.53 bits per heavy atom.